The van der Waals surface area contributed by atoms with Gasteiger partial charge < -0.3 is 34.0 Å². The van der Waals surface area contributed by atoms with E-state index in [1.165, 1.54) is 15.0 Å². The molecular formula is C10H9Br2Ti. The summed E-state index contributed by atoms with van der Waals surface area (Å²) in [5, 5.41) is 0. The Balaban J connectivity index is 0.000000720. The van der Waals surface area contributed by atoms with E-state index < -0.39 is 0 Å². The third-order valence-corrected chi connectivity index (χ3v) is 3.14. The van der Waals surface area contributed by atoms with Crippen LogP contribution in [0.2, 0.25) is 0 Å². The van der Waals surface area contributed by atoms with E-state index in [1.54, 1.807) is 0 Å². The number of hydrogen-bond acceptors (Lipinski definition) is 0. The second kappa shape index (κ2) is 5.50. The van der Waals surface area contributed by atoms with Crippen molar-refractivity contribution in [2.45, 2.75) is 12.8 Å². The van der Waals surface area contributed by atoms with Gasteiger partial charge >= 0.3 is 78.6 Å². The van der Waals surface area contributed by atoms with Crippen molar-refractivity contribution in [1.29, 1.82) is 0 Å². The summed E-state index contributed by atoms with van der Waals surface area (Å²) in [6.07, 6.45) is 2.28. The number of fused-ring (bicyclic) bond motifs is 1. The molecule has 0 saturated carbocycles. The van der Waals surface area contributed by atoms with E-state index in [0.717, 1.165) is 0 Å². The molecule has 0 spiro atoms. The molecule has 0 nitrogen and oxygen atoms in total. The van der Waals surface area contributed by atoms with Crippen molar-refractivity contribution in [3.05, 3.63) is 39.3 Å². The minimum absolute atomic E-state index is 0. The maximum absolute atomic E-state index is 2.28. The Hall–Kier alpha value is 0.634. The summed E-state index contributed by atoms with van der Waals surface area (Å²) in [7, 11) is 0. The van der Waals surface area contributed by atoms with Gasteiger partial charge in [-0.05, 0) is 0 Å². The molecule has 1 aliphatic carbocycles. The molecule has 1 aromatic rings. The molecule has 1 aromatic carbocycles. The molecule has 1 unspecified atom stereocenters. The van der Waals surface area contributed by atoms with Crippen molar-refractivity contribution in [2.24, 2.45) is 0 Å². The maximum Gasteiger partial charge on any atom is -1.00 e. The van der Waals surface area contributed by atoms with Gasteiger partial charge in [-0.2, -0.15) is 0 Å². The summed E-state index contributed by atoms with van der Waals surface area (Å²) in [5.74, 6) is 0.631. The zero-order chi connectivity index (χ0) is 7.84. The minimum atomic E-state index is 0. The Morgan fingerprint density at radius 2 is 1.77 bits per heavy atom. The Morgan fingerprint density at radius 3 is 2.38 bits per heavy atom. The van der Waals surface area contributed by atoms with Crippen LogP contribution in [-0.4, -0.2) is 0 Å². The molecule has 0 heterocycles. The Labute approximate surface area is 112 Å². The molecule has 0 N–H and O–H groups in total. The summed E-state index contributed by atoms with van der Waals surface area (Å²) in [6.45, 7) is 2.26. The summed E-state index contributed by atoms with van der Waals surface area (Å²) in [5.41, 5.74) is 2.88. The molecule has 0 bridgehead atoms. The molecule has 0 aliphatic heterocycles. The van der Waals surface area contributed by atoms with E-state index in [2.05, 4.69) is 57.7 Å². The van der Waals surface area contributed by atoms with Crippen LogP contribution >= 0.6 is 0 Å². The first-order valence-electron chi connectivity index (χ1n) is 3.81. The Bertz CT molecular complexity index is 320. The van der Waals surface area contributed by atoms with Gasteiger partial charge in [0.05, 0.1) is 0 Å². The normalized spacial score (nSPS) is 18.1. The van der Waals surface area contributed by atoms with Gasteiger partial charge in [0, 0.05) is 0 Å². The summed E-state index contributed by atoms with van der Waals surface area (Å²) in [6, 6.07) is 8.61. The van der Waals surface area contributed by atoms with Crippen LogP contribution in [0.25, 0.3) is 6.08 Å². The fraction of sp³-hybridized carbons (Fsp3) is 0.200. The number of halogens is 2. The third kappa shape index (κ3) is 2.56. The molecule has 1 aliphatic rings. The molecule has 3 heteroatoms. The van der Waals surface area contributed by atoms with E-state index in [-0.39, 0.29) is 34.0 Å². The zero-order valence-electron chi connectivity index (χ0n) is 7.22. The predicted molar refractivity (Wildman–Crippen MR) is 42.8 cm³/mol. The molecule has 0 radical (unpaired) electrons. The first-order chi connectivity index (χ1) is 5.29. The van der Waals surface area contributed by atoms with Crippen molar-refractivity contribution < 1.29 is 54.4 Å². The van der Waals surface area contributed by atoms with Gasteiger partial charge in [0.25, 0.3) is 0 Å². The van der Waals surface area contributed by atoms with Gasteiger partial charge in [0.15, 0.2) is 0 Å². The average Bonchev–Trinajstić information content (AvgIpc) is 2.30. The Morgan fingerprint density at radius 1 is 1.15 bits per heavy atom. The number of hydrogen-bond donors (Lipinski definition) is 0. The van der Waals surface area contributed by atoms with E-state index in [0.29, 0.717) is 5.92 Å². The van der Waals surface area contributed by atoms with E-state index >= 15 is 0 Å². The van der Waals surface area contributed by atoms with Crippen LogP contribution in [0, 0.1) is 0 Å². The second-order valence-corrected chi connectivity index (χ2v) is 3.85. The summed E-state index contributed by atoms with van der Waals surface area (Å²) in [4.78, 5) is 0. The molecule has 1 atom stereocenters. The minimum Gasteiger partial charge on any atom is -1.00 e. The first-order valence-corrected chi connectivity index (χ1v) is 4.59. The summed E-state index contributed by atoms with van der Waals surface area (Å²) < 4.78 is 1.48. The predicted octanol–water partition coefficient (Wildman–Crippen LogP) is -3.30. The molecule has 0 amide bonds. The number of rotatable bonds is 0. The van der Waals surface area contributed by atoms with Crippen LogP contribution in [0.3, 0.4) is 0 Å². The molecule has 0 fully saturated rings. The largest absolute Gasteiger partial charge is 1.00 e. The second-order valence-electron chi connectivity index (χ2n) is 2.95. The fourth-order valence-corrected chi connectivity index (χ4v) is 1.98. The van der Waals surface area contributed by atoms with Crippen molar-refractivity contribution in [2.75, 3.05) is 0 Å². The molecule has 13 heavy (non-hydrogen) atoms. The van der Waals surface area contributed by atoms with Crippen molar-refractivity contribution >= 4 is 6.08 Å². The van der Waals surface area contributed by atoms with E-state index in [4.69, 9.17) is 0 Å². The maximum atomic E-state index is 2.28. The van der Waals surface area contributed by atoms with Gasteiger partial charge in [0.1, 0.15) is 0 Å². The van der Waals surface area contributed by atoms with Gasteiger partial charge in [-0.25, -0.2) is 0 Å². The molecule has 2 rings (SSSR count). The van der Waals surface area contributed by atoms with Crippen molar-refractivity contribution in [3.8, 4) is 0 Å². The third-order valence-electron chi connectivity index (χ3n) is 2.24. The van der Waals surface area contributed by atoms with Crippen LogP contribution in [0.4, 0.5) is 0 Å². The molecule has 0 aromatic heterocycles. The van der Waals surface area contributed by atoms with Gasteiger partial charge in [0.2, 0.25) is 0 Å². The van der Waals surface area contributed by atoms with Gasteiger partial charge in [-0.3, -0.25) is 0 Å². The standard InChI is InChI=1S/C10H9.2BrH.Ti/c1-8-6-7-9-4-2-3-5-10(8)9;;;/h2-5,7-8H,1H3;2*1H;/q;;;+2/p-2. The van der Waals surface area contributed by atoms with Crippen LogP contribution in [0.1, 0.15) is 24.0 Å². The van der Waals surface area contributed by atoms with Crippen LogP contribution in [-0.2, 0) is 20.4 Å². The average molecular weight is 337 g/mol. The molecule has 0 saturated heterocycles. The quantitative estimate of drug-likeness (QED) is 0.436. The van der Waals surface area contributed by atoms with Crippen LogP contribution < -0.4 is 34.0 Å². The smallest absolute Gasteiger partial charge is 1.00 e. The van der Waals surface area contributed by atoms with E-state index in [1.807, 2.05) is 0 Å². The summed E-state index contributed by atoms with van der Waals surface area (Å²) >= 11 is 2.20. The van der Waals surface area contributed by atoms with Gasteiger partial charge in [-0.15, -0.1) is 0 Å². The monoisotopic (exact) mass is 335 g/mol. The first kappa shape index (κ1) is 13.6. The molecular weight excluding hydrogens is 328 g/mol. The van der Waals surface area contributed by atoms with E-state index in [9.17, 15) is 0 Å². The van der Waals surface area contributed by atoms with Gasteiger partial charge in [-0.1, -0.05) is 0 Å². The topological polar surface area (TPSA) is 0 Å². The van der Waals surface area contributed by atoms with Crippen LogP contribution in [0.15, 0.2) is 28.1 Å². The van der Waals surface area contributed by atoms with Crippen molar-refractivity contribution in [1.82, 2.24) is 0 Å². The fourth-order valence-electron chi connectivity index (χ4n) is 1.50. The van der Waals surface area contributed by atoms with Crippen molar-refractivity contribution in [3.63, 3.8) is 0 Å². The van der Waals surface area contributed by atoms with Crippen LogP contribution in [0.5, 0.6) is 0 Å². The Kier molecular flexibility index (Phi) is 5.77. The SMILES string of the molecule is CC1[C]([Ti+2])=Cc2ccccc21.[Br-].[Br-]. The number of allylic oxidation sites excluding steroid dienone is 1. The number of benzene rings is 1. The zero-order valence-corrected chi connectivity index (χ0v) is 12.0. The molecule has 67 valence electrons.